The second-order valence-corrected chi connectivity index (χ2v) is 6.46. The highest BCUT2D eigenvalue weighted by Crippen LogP contribution is 1.98. The SMILES string of the molecule is CC(C)C(N)C(=O)NCCS(=O)(=O)N(C)C. The van der Waals surface area contributed by atoms with Gasteiger partial charge in [-0.3, -0.25) is 4.79 Å². The van der Waals surface area contributed by atoms with E-state index in [9.17, 15) is 13.2 Å². The number of carbonyl (C=O) groups excluding carboxylic acids is 1. The fraction of sp³-hybridized carbons (Fsp3) is 0.889. The number of carbonyl (C=O) groups is 1. The van der Waals surface area contributed by atoms with Gasteiger partial charge in [-0.1, -0.05) is 13.8 Å². The third-order valence-corrected chi connectivity index (χ3v) is 4.07. The Bertz CT molecular complexity index is 325. The van der Waals surface area contributed by atoms with Gasteiger partial charge in [-0.05, 0) is 5.92 Å². The molecule has 0 spiro atoms. The van der Waals surface area contributed by atoms with Crippen molar-refractivity contribution in [1.29, 1.82) is 0 Å². The van der Waals surface area contributed by atoms with E-state index in [-0.39, 0.29) is 24.1 Å². The minimum atomic E-state index is -3.26. The zero-order chi connectivity index (χ0) is 12.9. The van der Waals surface area contributed by atoms with Gasteiger partial charge in [0.2, 0.25) is 15.9 Å². The van der Waals surface area contributed by atoms with Crippen molar-refractivity contribution in [2.75, 3.05) is 26.4 Å². The zero-order valence-electron chi connectivity index (χ0n) is 10.2. The fourth-order valence-electron chi connectivity index (χ4n) is 0.906. The van der Waals surface area contributed by atoms with Gasteiger partial charge < -0.3 is 11.1 Å². The van der Waals surface area contributed by atoms with Crippen LogP contribution in [0.4, 0.5) is 0 Å². The molecular formula is C9H21N3O3S. The van der Waals surface area contributed by atoms with Gasteiger partial charge in [0.25, 0.3) is 0 Å². The molecule has 0 radical (unpaired) electrons. The number of nitrogens with two attached hydrogens (primary N) is 1. The Kier molecular flexibility index (Phi) is 5.91. The molecule has 0 aromatic carbocycles. The summed E-state index contributed by atoms with van der Waals surface area (Å²) < 4.78 is 23.8. The number of nitrogens with zero attached hydrogens (tertiary/aromatic N) is 1. The van der Waals surface area contributed by atoms with Crippen LogP contribution in [0, 0.1) is 5.92 Å². The second kappa shape index (κ2) is 6.17. The maximum absolute atomic E-state index is 11.4. The number of nitrogens with one attached hydrogen (secondary N) is 1. The molecule has 0 fully saturated rings. The first kappa shape index (κ1) is 15.3. The zero-order valence-corrected chi connectivity index (χ0v) is 11.0. The maximum atomic E-state index is 11.4. The summed E-state index contributed by atoms with van der Waals surface area (Å²) in [5.74, 6) is -0.397. The van der Waals surface area contributed by atoms with Gasteiger partial charge in [-0.15, -0.1) is 0 Å². The van der Waals surface area contributed by atoms with Gasteiger partial charge >= 0.3 is 0 Å². The van der Waals surface area contributed by atoms with Crippen LogP contribution in [-0.2, 0) is 14.8 Å². The van der Waals surface area contributed by atoms with Crippen molar-refractivity contribution in [1.82, 2.24) is 9.62 Å². The Hall–Kier alpha value is -0.660. The first-order valence-corrected chi connectivity index (χ1v) is 6.73. The maximum Gasteiger partial charge on any atom is 0.237 e. The number of rotatable bonds is 6. The van der Waals surface area contributed by atoms with Crippen LogP contribution >= 0.6 is 0 Å². The highest BCUT2D eigenvalue weighted by atomic mass is 32.2. The lowest BCUT2D eigenvalue weighted by Gasteiger charge is -2.16. The summed E-state index contributed by atoms with van der Waals surface area (Å²) in [6, 6.07) is -0.595. The van der Waals surface area contributed by atoms with Crippen LogP contribution in [0.25, 0.3) is 0 Å². The van der Waals surface area contributed by atoms with Crippen molar-refractivity contribution in [3.63, 3.8) is 0 Å². The van der Waals surface area contributed by atoms with Crippen LogP contribution in [0.5, 0.6) is 0 Å². The van der Waals surface area contributed by atoms with Crippen LogP contribution in [0.3, 0.4) is 0 Å². The van der Waals surface area contributed by atoms with Crippen molar-refractivity contribution < 1.29 is 13.2 Å². The van der Waals surface area contributed by atoms with Crippen LogP contribution < -0.4 is 11.1 Å². The molecule has 0 aliphatic heterocycles. The summed E-state index contributed by atoms with van der Waals surface area (Å²) in [6.07, 6.45) is 0. The predicted molar refractivity (Wildman–Crippen MR) is 63.3 cm³/mol. The Morgan fingerprint density at radius 1 is 1.38 bits per heavy atom. The highest BCUT2D eigenvalue weighted by molar-refractivity contribution is 7.89. The summed E-state index contributed by atoms with van der Waals surface area (Å²) in [5, 5.41) is 2.50. The summed E-state index contributed by atoms with van der Waals surface area (Å²) in [6.45, 7) is 3.75. The van der Waals surface area contributed by atoms with Crippen LogP contribution in [0.15, 0.2) is 0 Å². The van der Waals surface area contributed by atoms with E-state index in [1.807, 2.05) is 13.8 Å². The fourth-order valence-corrected chi connectivity index (χ4v) is 1.63. The van der Waals surface area contributed by atoms with E-state index in [0.29, 0.717) is 0 Å². The molecule has 3 N–H and O–H groups in total. The van der Waals surface area contributed by atoms with E-state index in [4.69, 9.17) is 5.73 Å². The largest absolute Gasteiger partial charge is 0.354 e. The number of hydrogen-bond donors (Lipinski definition) is 2. The molecule has 6 nitrogen and oxygen atoms in total. The molecule has 1 atom stereocenters. The van der Waals surface area contributed by atoms with Crippen molar-refractivity contribution in [3.05, 3.63) is 0 Å². The molecule has 0 bridgehead atoms. The summed E-state index contributed by atoms with van der Waals surface area (Å²) >= 11 is 0. The molecule has 96 valence electrons. The van der Waals surface area contributed by atoms with Crippen LogP contribution in [-0.4, -0.2) is 51.1 Å². The van der Waals surface area contributed by atoms with Crippen molar-refractivity contribution in [2.45, 2.75) is 19.9 Å². The highest BCUT2D eigenvalue weighted by Gasteiger charge is 2.18. The lowest BCUT2D eigenvalue weighted by Crippen LogP contribution is -2.45. The quantitative estimate of drug-likeness (QED) is 0.632. The van der Waals surface area contributed by atoms with Gasteiger partial charge in [0.1, 0.15) is 0 Å². The molecule has 7 heteroatoms. The minimum Gasteiger partial charge on any atom is -0.354 e. The van der Waals surface area contributed by atoms with E-state index in [2.05, 4.69) is 5.32 Å². The van der Waals surface area contributed by atoms with E-state index < -0.39 is 16.1 Å². The van der Waals surface area contributed by atoms with E-state index in [1.165, 1.54) is 14.1 Å². The first-order chi connectivity index (χ1) is 7.18. The summed E-state index contributed by atoms with van der Waals surface area (Å²) in [7, 11) is -0.351. The van der Waals surface area contributed by atoms with Gasteiger partial charge in [-0.25, -0.2) is 12.7 Å². The Labute approximate surface area is 97.2 Å². The topological polar surface area (TPSA) is 92.5 Å². The normalized spacial score (nSPS) is 14.2. The lowest BCUT2D eigenvalue weighted by molar-refractivity contribution is -0.123. The first-order valence-electron chi connectivity index (χ1n) is 5.12. The van der Waals surface area contributed by atoms with Crippen LogP contribution in [0.1, 0.15) is 13.8 Å². The molecule has 0 saturated carbocycles. The third-order valence-electron chi connectivity index (χ3n) is 2.24. The number of hydrogen-bond acceptors (Lipinski definition) is 4. The third kappa shape index (κ3) is 4.91. The van der Waals surface area contributed by atoms with Crippen molar-refractivity contribution in [3.8, 4) is 0 Å². The van der Waals surface area contributed by atoms with Gasteiger partial charge in [0, 0.05) is 20.6 Å². The van der Waals surface area contributed by atoms with Gasteiger partial charge in [-0.2, -0.15) is 0 Å². The van der Waals surface area contributed by atoms with E-state index in [0.717, 1.165) is 4.31 Å². The monoisotopic (exact) mass is 251 g/mol. The molecule has 0 saturated heterocycles. The molecule has 0 aromatic rings. The minimum absolute atomic E-state index is 0.0328. The average molecular weight is 251 g/mol. The van der Waals surface area contributed by atoms with Crippen molar-refractivity contribution in [2.24, 2.45) is 11.7 Å². The average Bonchev–Trinajstić information content (AvgIpc) is 2.15. The Morgan fingerprint density at radius 3 is 2.25 bits per heavy atom. The van der Waals surface area contributed by atoms with E-state index >= 15 is 0 Å². The molecular weight excluding hydrogens is 230 g/mol. The molecule has 0 rings (SSSR count). The Balaban J connectivity index is 4.06. The van der Waals surface area contributed by atoms with Gasteiger partial charge in [0.15, 0.2) is 0 Å². The standard InChI is InChI=1S/C9H21N3O3S/c1-7(2)8(10)9(13)11-5-6-16(14,15)12(3)4/h7-8H,5-6,10H2,1-4H3,(H,11,13). The number of amides is 1. The van der Waals surface area contributed by atoms with Crippen LogP contribution in [0.2, 0.25) is 0 Å². The van der Waals surface area contributed by atoms with Crippen molar-refractivity contribution >= 4 is 15.9 Å². The molecule has 0 aliphatic carbocycles. The summed E-state index contributed by atoms with van der Waals surface area (Å²) in [5.41, 5.74) is 5.60. The predicted octanol–water partition coefficient (Wildman–Crippen LogP) is -1.02. The Morgan fingerprint density at radius 2 is 1.88 bits per heavy atom. The molecule has 0 aliphatic rings. The molecule has 16 heavy (non-hydrogen) atoms. The summed E-state index contributed by atoms with van der Waals surface area (Å²) in [4.78, 5) is 11.4. The van der Waals surface area contributed by atoms with E-state index in [1.54, 1.807) is 0 Å². The molecule has 1 amide bonds. The molecule has 1 unspecified atom stereocenters. The number of sulfonamides is 1. The smallest absolute Gasteiger partial charge is 0.237 e. The molecule has 0 heterocycles. The molecule has 0 aromatic heterocycles. The van der Waals surface area contributed by atoms with Gasteiger partial charge in [0.05, 0.1) is 11.8 Å². The second-order valence-electron chi connectivity index (χ2n) is 4.16. The lowest BCUT2D eigenvalue weighted by atomic mass is 10.1.